The molecule has 0 unspecified atom stereocenters. The molecule has 0 atom stereocenters. The van der Waals surface area contributed by atoms with Gasteiger partial charge in [-0.1, -0.05) is 30.1 Å². The maximum absolute atomic E-state index is 6.14. The average Bonchev–Trinajstić information content (AvgIpc) is 2.74. The highest BCUT2D eigenvalue weighted by molar-refractivity contribution is 14.1. The van der Waals surface area contributed by atoms with Crippen LogP contribution >= 0.6 is 45.8 Å². The second-order valence-electron chi connectivity index (χ2n) is 3.65. The molecule has 18 heavy (non-hydrogen) atoms. The van der Waals surface area contributed by atoms with Gasteiger partial charge < -0.3 is 5.32 Å². The molecule has 0 fully saturated rings. The lowest BCUT2D eigenvalue weighted by molar-refractivity contribution is 0.845. The number of nitrogens with zero attached hydrogens (tertiary/aromatic N) is 3. The van der Waals surface area contributed by atoms with Gasteiger partial charge in [0.15, 0.2) is 5.82 Å². The van der Waals surface area contributed by atoms with Crippen molar-refractivity contribution in [2.45, 2.75) is 13.3 Å². The van der Waals surface area contributed by atoms with Crippen molar-refractivity contribution in [3.63, 3.8) is 0 Å². The maximum Gasteiger partial charge on any atom is 0.174 e. The van der Waals surface area contributed by atoms with Gasteiger partial charge in [-0.15, -0.1) is 0 Å². The van der Waals surface area contributed by atoms with Gasteiger partial charge in [-0.05, 0) is 35.1 Å². The molecule has 0 aliphatic rings. The topological polar surface area (TPSA) is 42.7 Å². The molecule has 2 heterocycles. The third-order valence-corrected chi connectivity index (χ3v) is 3.34. The van der Waals surface area contributed by atoms with Crippen LogP contribution in [0.15, 0.2) is 18.5 Å². The van der Waals surface area contributed by atoms with E-state index in [1.54, 1.807) is 16.9 Å². The molecule has 0 saturated carbocycles. The number of pyridine rings is 1. The first-order valence-electron chi connectivity index (χ1n) is 5.42. The highest BCUT2D eigenvalue weighted by Gasteiger charge is 2.11. The van der Waals surface area contributed by atoms with Crippen LogP contribution < -0.4 is 5.32 Å². The van der Waals surface area contributed by atoms with Gasteiger partial charge in [0.25, 0.3) is 0 Å². The smallest absolute Gasteiger partial charge is 0.174 e. The SMILES string of the molecule is CCCNc1nc(-n2cc(I)cn2)c(Cl)cc1Cl. The standard InChI is InChI=1S/C11H11Cl2IN4/c1-2-3-15-10-8(12)4-9(13)11(17-10)18-6-7(14)5-16-18/h4-6H,2-3H2,1H3,(H,15,17). The molecule has 96 valence electrons. The van der Waals surface area contributed by atoms with E-state index in [2.05, 4.69) is 44.9 Å². The van der Waals surface area contributed by atoms with Gasteiger partial charge in [-0.3, -0.25) is 0 Å². The highest BCUT2D eigenvalue weighted by atomic mass is 127. The Hall–Kier alpha value is -0.530. The van der Waals surface area contributed by atoms with Gasteiger partial charge in [0.2, 0.25) is 0 Å². The van der Waals surface area contributed by atoms with Gasteiger partial charge >= 0.3 is 0 Å². The van der Waals surface area contributed by atoms with Crippen molar-refractivity contribution in [2.75, 3.05) is 11.9 Å². The fourth-order valence-electron chi connectivity index (χ4n) is 1.40. The Labute approximate surface area is 129 Å². The molecule has 4 nitrogen and oxygen atoms in total. The van der Waals surface area contributed by atoms with E-state index in [0.717, 1.165) is 16.5 Å². The lowest BCUT2D eigenvalue weighted by atomic mass is 10.4. The molecular weight excluding hydrogens is 386 g/mol. The van der Waals surface area contributed by atoms with Crippen molar-refractivity contribution in [2.24, 2.45) is 0 Å². The Morgan fingerprint density at radius 3 is 2.78 bits per heavy atom. The molecule has 2 rings (SSSR count). The minimum absolute atomic E-state index is 0.474. The van der Waals surface area contributed by atoms with Crippen molar-refractivity contribution in [3.05, 3.63) is 32.1 Å². The van der Waals surface area contributed by atoms with Crippen molar-refractivity contribution < 1.29 is 0 Å². The van der Waals surface area contributed by atoms with Crippen LogP contribution in [0.1, 0.15) is 13.3 Å². The predicted octanol–water partition coefficient (Wildman–Crippen LogP) is 4.00. The molecule has 2 aromatic heterocycles. The summed E-state index contributed by atoms with van der Waals surface area (Å²) in [5.41, 5.74) is 0. The number of halogens is 3. The first-order valence-corrected chi connectivity index (χ1v) is 7.25. The van der Waals surface area contributed by atoms with Crippen molar-refractivity contribution in [1.29, 1.82) is 0 Å². The summed E-state index contributed by atoms with van der Waals surface area (Å²) in [5.74, 6) is 1.20. The number of nitrogens with one attached hydrogen (secondary N) is 1. The number of hydrogen-bond donors (Lipinski definition) is 1. The van der Waals surface area contributed by atoms with Gasteiger partial charge in [-0.25, -0.2) is 9.67 Å². The van der Waals surface area contributed by atoms with Gasteiger partial charge in [0.1, 0.15) is 5.82 Å². The predicted molar refractivity (Wildman–Crippen MR) is 82.9 cm³/mol. The number of rotatable bonds is 4. The lowest BCUT2D eigenvalue weighted by Gasteiger charge is -2.10. The monoisotopic (exact) mass is 396 g/mol. The zero-order valence-corrected chi connectivity index (χ0v) is 13.3. The molecular formula is C11H11Cl2IN4. The molecule has 0 radical (unpaired) electrons. The Balaban J connectivity index is 2.41. The molecule has 2 aromatic rings. The second-order valence-corrected chi connectivity index (χ2v) is 5.71. The first-order chi connectivity index (χ1) is 8.61. The minimum Gasteiger partial charge on any atom is -0.369 e. The molecule has 7 heteroatoms. The third-order valence-electron chi connectivity index (χ3n) is 2.22. The zero-order chi connectivity index (χ0) is 13.1. The van der Waals surface area contributed by atoms with E-state index in [-0.39, 0.29) is 0 Å². The zero-order valence-electron chi connectivity index (χ0n) is 9.62. The van der Waals surface area contributed by atoms with E-state index in [9.17, 15) is 0 Å². The lowest BCUT2D eigenvalue weighted by Crippen LogP contribution is -2.06. The fraction of sp³-hybridized carbons (Fsp3) is 0.273. The van der Waals surface area contributed by atoms with Crippen molar-refractivity contribution in [3.8, 4) is 5.82 Å². The van der Waals surface area contributed by atoms with Crippen LogP contribution in [-0.4, -0.2) is 21.3 Å². The van der Waals surface area contributed by atoms with Crippen molar-refractivity contribution in [1.82, 2.24) is 14.8 Å². The summed E-state index contributed by atoms with van der Waals surface area (Å²) in [5, 5.41) is 8.34. The summed E-state index contributed by atoms with van der Waals surface area (Å²) in [6.45, 7) is 2.89. The van der Waals surface area contributed by atoms with Gasteiger partial charge in [0.05, 0.1) is 19.8 Å². The van der Waals surface area contributed by atoms with Gasteiger partial charge in [0, 0.05) is 12.7 Å². The van der Waals surface area contributed by atoms with Crippen LogP contribution in [-0.2, 0) is 0 Å². The number of anilines is 1. The van der Waals surface area contributed by atoms with E-state index >= 15 is 0 Å². The van der Waals surface area contributed by atoms with Crippen LogP contribution in [0.25, 0.3) is 5.82 Å². The third kappa shape index (κ3) is 3.07. The van der Waals surface area contributed by atoms with Crippen LogP contribution in [0.4, 0.5) is 5.82 Å². The molecule has 0 bridgehead atoms. The summed E-state index contributed by atoms with van der Waals surface area (Å²) >= 11 is 14.4. The Bertz CT molecular complexity index is 556. The Morgan fingerprint density at radius 1 is 1.39 bits per heavy atom. The Morgan fingerprint density at radius 2 is 2.17 bits per heavy atom. The van der Waals surface area contributed by atoms with E-state index in [1.165, 1.54) is 0 Å². The quantitative estimate of drug-likeness (QED) is 0.794. The van der Waals surface area contributed by atoms with Gasteiger partial charge in [-0.2, -0.15) is 5.10 Å². The van der Waals surface area contributed by atoms with Crippen molar-refractivity contribution >= 4 is 51.6 Å². The highest BCUT2D eigenvalue weighted by Crippen LogP contribution is 2.28. The molecule has 0 aromatic carbocycles. The average molecular weight is 397 g/mol. The number of aromatic nitrogens is 3. The fourth-order valence-corrected chi connectivity index (χ4v) is 2.30. The second kappa shape index (κ2) is 6.08. The molecule has 0 amide bonds. The normalized spacial score (nSPS) is 10.7. The largest absolute Gasteiger partial charge is 0.369 e. The summed E-state index contributed by atoms with van der Waals surface area (Å²) in [6.07, 6.45) is 4.59. The minimum atomic E-state index is 0.474. The van der Waals surface area contributed by atoms with E-state index in [0.29, 0.717) is 21.7 Å². The molecule has 0 saturated heterocycles. The molecule has 0 aliphatic heterocycles. The summed E-state index contributed by atoms with van der Waals surface area (Å²) in [6, 6.07) is 1.68. The molecule has 0 aliphatic carbocycles. The maximum atomic E-state index is 6.14. The van der Waals surface area contributed by atoms with E-state index < -0.39 is 0 Å². The first kappa shape index (κ1) is 13.9. The summed E-state index contributed by atoms with van der Waals surface area (Å²) in [7, 11) is 0. The molecule has 0 spiro atoms. The summed E-state index contributed by atoms with van der Waals surface area (Å²) in [4.78, 5) is 4.42. The number of hydrogen-bond acceptors (Lipinski definition) is 3. The van der Waals surface area contributed by atoms with Crippen LogP contribution in [0.2, 0.25) is 10.0 Å². The van der Waals surface area contributed by atoms with Crippen LogP contribution in [0, 0.1) is 3.57 Å². The summed E-state index contributed by atoms with van der Waals surface area (Å²) < 4.78 is 2.65. The molecule has 1 N–H and O–H groups in total. The van der Waals surface area contributed by atoms with E-state index in [1.807, 2.05) is 6.20 Å². The van der Waals surface area contributed by atoms with Crippen LogP contribution in [0.5, 0.6) is 0 Å². The van der Waals surface area contributed by atoms with Crippen LogP contribution in [0.3, 0.4) is 0 Å². The Kier molecular flexibility index (Phi) is 4.69. The van der Waals surface area contributed by atoms with E-state index in [4.69, 9.17) is 23.2 Å².